The van der Waals surface area contributed by atoms with Gasteiger partial charge in [0.05, 0.1) is 18.4 Å². The molecule has 116 valence electrons. The van der Waals surface area contributed by atoms with E-state index in [0.717, 1.165) is 0 Å². The third-order valence-corrected chi connectivity index (χ3v) is 2.95. The van der Waals surface area contributed by atoms with E-state index in [-0.39, 0.29) is 11.7 Å². The van der Waals surface area contributed by atoms with Gasteiger partial charge < -0.3 is 14.3 Å². The number of amides is 1. The summed E-state index contributed by atoms with van der Waals surface area (Å²) in [5.41, 5.74) is 3.58. The van der Waals surface area contributed by atoms with E-state index in [0.29, 0.717) is 35.0 Å². The van der Waals surface area contributed by atoms with Gasteiger partial charge in [-0.15, -0.1) is 0 Å². The minimum Gasteiger partial charge on any atom is -0.504 e. The Morgan fingerprint density at radius 2 is 2.18 bits per heavy atom. The number of benzene rings is 1. The van der Waals surface area contributed by atoms with E-state index < -0.39 is 0 Å². The molecule has 0 saturated heterocycles. The van der Waals surface area contributed by atoms with Gasteiger partial charge in [0.25, 0.3) is 5.91 Å². The number of phenols is 1. The summed E-state index contributed by atoms with van der Waals surface area (Å²) in [5, 5.41) is 13.5. The van der Waals surface area contributed by atoms with Gasteiger partial charge in [-0.3, -0.25) is 4.79 Å². The monoisotopic (exact) mass is 302 g/mol. The number of ether oxygens (including phenoxy) is 1. The summed E-state index contributed by atoms with van der Waals surface area (Å²) >= 11 is 0. The number of carbonyl (C=O) groups excluding carboxylic acids is 1. The van der Waals surface area contributed by atoms with Gasteiger partial charge in [0.2, 0.25) is 0 Å². The Kier molecular flexibility index (Phi) is 4.83. The molecular formula is C16H18N2O4. The van der Waals surface area contributed by atoms with Crippen molar-refractivity contribution in [3.8, 4) is 11.5 Å². The lowest BCUT2D eigenvalue weighted by Crippen LogP contribution is -2.17. The van der Waals surface area contributed by atoms with Crippen LogP contribution in [0.15, 0.2) is 33.8 Å². The maximum Gasteiger partial charge on any atom is 0.274 e. The molecule has 2 rings (SSSR count). The van der Waals surface area contributed by atoms with Crippen LogP contribution in [0.25, 0.3) is 0 Å². The zero-order valence-electron chi connectivity index (χ0n) is 12.7. The van der Waals surface area contributed by atoms with Crippen LogP contribution in [0, 0.1) is 13.8 Å². The van der Waals surface area contributed by atoms with E-state index in [1.165, 1.54) is 12.3 Å². The minimum atomic E-state index is -0.339. The van der Waals surface area contributed by atoms with E-state index in [1.807, 2.05) is 6.92 Å². The molecule has 22 heavy (non-hydrogen) atoms. The van der Waals surface area contributed by atoms with Gasteiger partial charge in [0.15, 0.2) is 11.5 Å². The number of phenolic OH excluding ortho intramolecular Hbond substituents is 1. The van der Waals surface area contributed by atoms with Crippen molar-refractivity contribution in [2.75, 3.05) is 6.61 Å². The van der Waals surface area contributed by atoms with Crippen LogP contribution in [-0.4, -0.2) is 23.8 Å². The van der Waals surface area contributed by atoms with Crippen molar-refractivity contribution in [1.29, 1.82) is 0 Å². The summed E-state index contributed by atoms with van der Waals surface area (Å²) in [5.74, 6) is 1.32. The highest BCUT2D eigenvalue weighted by Gasteiger charge is 2.12. The van der Waals surface area contributed by atoms with Crippen molar-refractivity contribution >= 4 is 12.1 Å². The highest BCUT2D eigenvalue weighted by atomic mass is 16.5. The van der Waals surface area contributed by atoms with Crippen LogP contribution in [0.1, 0.15) is 34.4 Å². The van der Waals surface area contributed by atoms with E-state index in [1.54, 1.807) is 32.0 Å². The smallest absolute Gasteiger partial charge is 0.274 e. The summed E-state index contributed by atoms with van der Waals surface area (Å²) in [6.07, 6.45) is 1.47. The van der Waals surface area contributed by atoms with Crippen LogP contribution in [0.3, 0.4) is 0 Å². The van der Waals surface area contributed by atoms with E-state index in [2.05, 4.69) is 10.5 Å². The molecule has 0 unspecified atom stereocenters. The normalized spacial score (nSPS) is 10.9. The first kappa shape index (κ1) is 15.6. The van der Waals surface area contributed by atoms with Crippen LogP contribution < -0.4 is 10.2 Å². The Labute approximate surface area is 128 Å². The number of rotatable bonds is 5. The highest BCUT2D eigenvalue weighted by molar-refractivity contribution is 5.95. The third kappa shape index (κ3) is 3.66. The molecule has 0 aliphatic heterocycles. The summed E-state index contributed by atoms with van der Waals surface area (Å²) in [4.78, 5) is 11.9. The Morgan fingerprint density at radius 3 is 2.82 bits per heavy atom. The number of aromatic hydroxyl groups is 1. The van der Waals surface area contributed by atoms with Gasteiger partial charge in [-0.2, -0.15) is 5.10 Å². The molecule has 6 heteroatoms. The van der Waals surface area contributed by atoms with Crippen LogP contribution in [0.5, 0.6) is 11.5 Å². The summed E-state index contributed by atoms with van der Waals surface area (Å²) in [7, 11) is 0. The number of nitrogens with zero attached hydrogens (tertiary/aromatic N) is 1. The predicted molar refractivity (Wildman–Crippen MR) is 82.5 cm³/mol. The molecule has 0 saturated carbocycles. The first-order valence-electron chi connectivity index (χ1n) is 6.87. The van der Waals surface area contributed by atoms with E-state index in [9.17, 15) is 9.90 Å². The summed E-state index contributed by atoms with van der Waals surface area (Å²) in [6.45, 7) is 5.78. The molecular weight excluding hydrogens is 284 g/mol. The first-order valence-corrected chi connectivity index (χ1v) is 6.87. The molecule has 0 radical (unpaired) electrons. The average molecular weight is 302 g/mol. The van der Waals surface area contributed by atoms with Gasteiger partial charge in [-0.25, -0.2) is 5.43 Å². The van der Waals surface area contributed by atoms with Gasteiger partial charge in [0.1, 0.15) is 11.5 Å². The average Bonchev–Trinajstić information content (AvgIpc) is 2.81. The minimum absolute atomic E-state index is 0.0625. The van der Waals surface area contributed by atoms with Crippen molar-refractivity contribution in [2.24, 2.45) is 5.10 Å². The van der Waals surface area contributed by atoms with Crippen LogP contribution in [0.4, 0.5) is 0 Å². The molecule has 2 N–H and O–H groups in total. The van der Waals surface area contributed by atoms with Crippen LogP contribution in [-0.2, 0) is 0 Å². The Balaban J connectivity index is 2.05. The van der Waals surface area contributed by atoms with Crippen LogP contribution in [0.2, 0.25) is 0 Å². The second-order valence-electron chi connectivity index (χ2n) is 4.69. The second-order valence-corrected chi connectivity index (χ2v) is 4.69. The first-order chi connectivity index (χ1) is 10.5. The molecule has 0 atom stereocenters. The van der Waals surface area contributed by atoms with Crippen LogP contribution >= 0.6 is 0 Å². The quantitative estimate of drug-likeness (QED) is 0.657. The Hall–Kier alpha value is -2.76. The molecule has 1 aromatic carbocycles. The molecule has 2 aromatic rings. The zero-order chi connectivity index (χ0) is 16.1. The van der Waals surface area contributed by atoms with Gasteiger partial charge >= 0.3 is 0 Å². The molecule has 6 nitrogen and oxygen atoms in total. The van der Waals surface area contributed by atoms with Crippen molar-refractivity contribution in [1.82, 2.24) is 5.43 Å². The third-order valence-electron chi connectivity index (χ3n) is 2.95. The van der Waals surface area contributed by atoms with Gasteiger partial charge in [-0.1, -0.05) is 0 Å². The lowest BCUT2D eigenvalue weighted by Gasteiger charge is -2.05. The summed E-state index contributed by atoms with van der Waals surface area (Å²) in [6, 6.07) is 6.48. The largest absolute Gasteiger partial charge is 0.504 e. The molecule has 1 heterocycles. The van der Waals surface area contributed by atoms with Gasteiger partial charge in [0, 0.05) is 0 Å². The molecule has 1 aromatic heterocycles. The van der Waals surface area contributed by atoms with Gasteiger partial charge in [-0.05, 0) is 50.6 Å². The number of hydrazone groups is 1. The lowest BCUT2D eigenvalue weighted by molar-refractivity contribution is 0.0953. The van der Waals surface area contributed by atoms with E-state index in [4.69, 9.17) is 9.15 Å². The van der Waals surface area contributed by atoms with Crippen molar-refractivity contribution in [3.05, 3.63) is 46.9 Å². The zero-order valence-corrected chi connectivity index (χ0v) is 12.7. The van der Waals surface area contributed by atoms with Crippen molar-refractivity contribution < 1.29 is 19.1 Å². The molecule has 0 aliphatic rings. The number of hydrogen-bond acceptors (Lipinski definition) is 5. The Morgan fingerprint density at radius 1 is 1.41 bits per heavy atom. The summed E-state index contributed by atoms with van der Waals surface area (Å²) < 4.78 is 10.6. The lowest BCUT2D eigenvalue weighted by atomic mass is 10.2. The van der Waals surface area contributed by atoms with E-state index >= 15 is 0 Å². The van der Waals surface area contributed by atoms with Crippen molar-refractivity contribution in [2.45, 2.75) is 20.8 Å². The predicted octanol–water partition coefficient (Wildman–Crippen LogP) is 2.76. The molecule has 0 fully saturated rings. The molecule has 0 spiro atoms. The fourth-order valence-corrected chi connectivity index (χ4v) is 1.96. The second kappa shape index (κ2) is 6.80. The Bertz CT molecular complexity index is 704. The topological polar surface area (TPSA) is 84.1 Å². The highest BCUT2D eigenvalue weighted by Crippen LogP contribution is 2.26. The maximum absolute atomic E-state index is 11.9. The molecule has 0 bridgehead atoms. The number of furan rings is 1. The standard InChI is InChI=1S/C16H18N2O4/c1-4-21-15-8-12(5-6-14(15)19)9-17-18-16(20)13-7-10(2)22-11(13)3/h5-9,19H,4H2,1-3H3,(H,18,20). The SMILES string of the molecule is CCOc1cc(C=NNC(=O)c2cc(C)oc2C)ccc1O. The molecule has 0 aliphatic carbocycles. The maximum atomic E-state index is 11.9. The fraction of sp³-hybridized carbons (Fsp3) is 0.250. The van der Waals surface area contributed by atoms with Crippen molar-refractivity contribution in [3.63, 3.8) is 0 Å². The fourth-order valence-electron chi connectivity index (χ4n) is 1.96. The number of aryl methyl sites for hydroxylation is 2. The number of nitrogens with one attached hydrogen (secondary N) is 1. The number of hydrogen-bond donors (Lipinski definition) is 2. The number of carbonyl (C=O) groups is 1. The molecule has 1 amide bonds.